The van der Waals surface area contributed by atoms with Crippen LogP contribution in [-0.4, -0.2) is 24.3 Å². The van der Waals surface area contributed by atoms with E-state index in [-0.39, 0.29) is 12.5 Å². The van der Waals surface area contributed by atoms with Crippen LogP contribution in [0.15, 0.2) is 99.3 Å². The lowest BCUT2D eigenvalue weighted by molar-refractivity contribution is -0.115. The maximum atomic E-state index is 12.7. The number of hydrogen-bond donors (Lipinski definition) is 1. The standard InChI is InChI=1S/C34H30BrClN2O5S/c1-3-40-29-17-23(10-15-28(29)42-20-22-8-6-5-7-9-22)21-43-32-27(35)16-24(18-30(32)41-4-2)19-31-33(39)38-34(44-31)37-26-13-11-25(36)12-14-26/h5-19H,3-4,20-21H2,1-2H3,(H,37,38,39)/b31-19+. The highest BCUT2D eigenvalue weighted by molar-refractivity contribution is 9.10. The monoisotopic (exact) mass is 692 g/mol. The molecule has 1 heterocycles. The van der Waals surface area contributed by atoms with Crippen LogP contribution in [0.4, 0.5) is 5.69 Å². The fourth-order valence-electron chi connectivity index (χ4n) is 4.26. The van der Waals surface area contributed by atoms with Gasteiger partial charge in [0.2, 0.25) is 0 Å². The Morgan fingerprint density at radius 2 is 1.55 bits per heavy atom. The van der Waals surface area contributed by atoms with Crippen molar-refractivity contribution in [3.8, 4) is 23.0 Å². The highest BCUT2D eigenvalue weighted by atomic mass is 79.9. The summed E-state index contributed by atoms with van der Waals surface area (Å²) in [5.74, 6) is 2.22. The predicted molar refractivity (Wildman–Crippen MR) is 180 cm³/mol. The van der Waals surface area contributed by atoms with Crippen LogP contribution in [0.5, 0.6) is 23.0 Å². The van der Waals surface area contributed by atoms with Gasteiger partial charge in [-0.05, 0) is 113 Å². The van der Waals surface area contributed by atoms with Gasteiger partial charge in [-0.15, -0.1) is 0 Å². The van der Waals surface area contributed by atoms with Crippen LogP contribution in [0, 0.1) is 0 Å². The van der Waals surface area contributed by atoms with Crippen LogP contribution < -0.4 is 24.3 Å². The number of ether oxygens (including phenoxy) is 4. The average Bonchev–Trinajstić information content (AvgIpc) is 3.36. The third kappa shape index (κ3) is 8.37. The molecule has 1 aliphatic rings. The van der Waals surface area contributed by atoms with Gasteiger partial charge in [-0.25, -0.2) is 4.99 Å². The first-order chi connectivity index (χ1) is 21.4. The van der Waals surface area contributed by atoms with Crippen molar-refractivity contribution in [1.29, 1.82) is 0 Å². The highest BCUT2D eigenvalue weighted by Crippen LogP contribution is 2.39. The second-order valence-electron chi connectivity index (χ2n) is 9.50. The molecule has 1 saturated heterocycles. The molecule has 10 heteroatoms. The lowest BCUT2D eigenvalue weighted by Crippen LogP contribution is -2.19. The Labute approximate surface area is 274 Å². The molecule has 0 saturated carbocycles. The molecule has 0 radical (unpaired) electrons. The first kappa shape index (κ1) is 31.5. The van der Waals surface area contributed by atoms with Crippen molar-refractivity contribution in [3.05, 3.63) is 116 Å². The number of thioether (sulfide) groups is 1. The summed E-state index contributed by atoms with van der Waals surface area (Å²) in [6.07, 6.45) is 1.80. The summed E-state index contributed by atoms with van der Waals surface area (Å²) in [5.41, 5.74) is 3.46. The smallest absolute Gasteiger partial charge is 0.264 e. The molecule has 1 amide bonds. The van der Waals surface area contributed by atoms with Crippen LogP contribution in [0.3, 0.4) is 0 Å². The second kappa shape index (κ2) is 15.2. The number of carbonyl (C=O) groups is 1. The summed E-state index contributed by atoms with van der Waals surface area (Å²) in [6, 6.07) is 26.6. The average molecular weight is 694 g/mol. The van der Waals surface area contributed by atoms with Crippen molar-refractivity contribution in [3.63, 3.8) is 0 Å². The molecule has 4 aromatic carbocycles. The molecule has 1 N–H and O–H groups in total. The lowest BCUT2D eigenvalue weighted by Gasteiger charge is -2.16. The first-order valence-corrected chi connectivity index (χ1v) is 16.0. The first-order valence-electron chi connectivity index (χ1n) is 14.0. The van der Waals surface area contributed by atoms with E-state index in [0.717, 1.165) is 16.7 Å². The minimum absolute atomic E-state index is 0.224. The number of hydrogen-bond acceptors (Lipinski definition) is 7. The number of amides is 1. The molecule has 0 unspecified atom stereocenters. The van der Waals surface area contributed by atoms with E-state index in [9.17, 15) is 4.79 Å². The zero-order chi connectivity index (χ0) is 30.9. The normalized spacial score (nSPS) is 14.5. The third-order valence-electron chi connectivity index (χ3n) is 6.27. The lowest BCUT2D eigenvalue weighted by atomic mass is 10.1. The van der Waals surface area contributed by atoms with Crippen molar-refractivity contribution in [1.82, 2.24) is 5.32 Å². The zero-order valence-corrected chi connectivity index (χ0v) is 27.3. The number of nitrogens with one attached hydrogen (secondary N) is 1. The van der Waals surface area contributed by atoms with E-state index in [0.29, 0.717) is 68.1 Å². The summed E-state index contributed by atoms with van der Waals surface area (Å²) in [5, 5.41) is 3.93. The van der Waals surface area contributed by atoms with Crippen molar-refractivity contribution >= 4 is 62.1 Å². The molecule has 0 atom stereocenters. The number of carbonyl (C=O) groups excluding carboxylic acids is 1. The van der Waals surface area contributed by atoms with Crippen LogP contribution in [0.2, 0.25) is 5.02 Å². The summed E-state index contributed by atoms with van der Waals surface area (Å²) in [7, 11) is 0. The predicted octanol–water partition coefficient (Wildman–Crippen LogP) is 8.95. The Kier molecular flexibility index (Phi) is 10.9. The van der Waals surface area contributed by atoms with E-state index in [4.69, 9.17) is 30.5 Å². The number of nitrogens with zero attached hydrogens (tertiary/aromatic N) is 1. The Morgan fingerprint density at radius 1 is 0.818 bits per heavy atom. The van der Waals surface area contributed by atoms with Crippen LogP contribution >= 0.6 is 39.3 Å². The Morgan fingerprint density at radius 3 is 2.30 bits per heavy atom. The van der Waals surface area contributed by atoms with E-state index in [1.807, 2.05) is 74.5 Å². The van der Waals surface area contributed by atoms with Crippen molar-refractivity contribution in [2.24, 2.45) is 4.99 Å². The summed E-state index contributed by atoms with van der Waals surface area (Å²) >= 11 is 10.9. The Balaban J connectivity index is 1.30. The van der Waals surface area contributed by atoms with Crippen molar-refractivity contribution in [2.45, 2.75) is 27.1 Å². The van der Waals surface area contributed by atoms with Gasteiger partial charge < -0.3 is 24.3 Å². The van der Waals surface area contributed by atoms with Gasteiger partial charge in [-0.3, -0.25) is 4.79 Å². The van der Waals surface area contributed by atoms with Gasteiger partial charge in [-0.2, -0.15) is 0 Å². The van der Waals surface area contributed by atoms with Gasteiger partial charge in [0.05, 0.1) is 28.3 Å². The molecule has 4 aromatic rings. The number of amidine groups is 1. The molecule has 0 aromatic heterocycles. The van der Waals surface area contributed by atoms with E-state index < -0.39 is 0 Å². The molecule has 226 valence electrons. The maximum absolute atomic E-state index is 12.7. The van der Waals surface area contributed by atoms with Crippen LogP contribution in [0.25, 0.3) is 6.08 Å². The molecular formula is C34H30BrClN2O5S. The largest absolute Gasteiger partial charge is 0.490 e. The minimum Gasteiger partial charge on any atom is -0.490 e. The van der Waals surface area contributed by atoms with Crippen molar-refractivity contribution < 1.29 is 23.7 Å². The second-order valence-corrected chi connectivity index (χ2v) is 11.8. The molecule has 0 aliphatic carbocycles. The number of rotatable bonds is 12. The Hall–Kier alpha value is -3.92. The van der Waals surface area contributed by atoms with Gasteiger partial charge in [-0.1, -0.05) is 48.0 Å². The third-order valence-corrected chi connectivity index (χ3v) is 8.02. The molecule has 1 fully saturated rings. The van der Waals surface area contributed by atoms with Gasteiger partial charge in [0, 0.05) is 5.02 Å². The fraction of sp³-hybridized carbons (Fsp3) is 0.176. The van der Waals surface area contributed by atoms with E-state index >= 15 is 0 Å². The topological polar surface area (TPSA) is 78.4 Å². The SMILES string of the molecule is CCOc1cc(COc2c(Br)cc(/C=C3/SC(=Nc4ccc(Cl)cc4)NC3=O)cc2OCC)ccc1OCc1ccccc1. The molecule has 0 bridgehead atoms. The molecule has 5 rings (SSSR count). The van der Waals surface area contributed by atoms with Gasteiger partial charge in [0.15, 0.2) is 28.2 Å². The van der Waals surface area contributed by atoms with Crippen LogP contribution in [-0.2, 0) is 18.0 Å². The maximum Gasteiger partial charge on any atom is 0.264 e. The summed E-state index contributed by atoms with van der Waals surface area (Å²) in [6.45, 7) is 5.52. The minimum atomic E-state index is -0.224. The number of halogens is 2. The molecule has 0 spiro atoms. The fourth-order valence-corrected chi connectivity index (χ4v) is 5.80. The number of benzene rings is 4. The van der Waals surface area contributed by atoms with E-state index in [1.165, 1.54) is 11.8 Å². The molecule has 44 heavy (non-hydrogen) atoms. The quantitative estimate of drug-likeness (QED) is 0.149. The van der Waals surface area contributed by atoms with Gasteiger partial charge >= 0.3 is 0 Å². The van der Waals surface area contributed by atoms with E-state index in [2.05, 4.69) is 26.2 Å². The van der Waals surface area contributed by atoms with Gasteiger partial charge in [0.25, 0.3) is 5.91 Å². The zero-order valence-electron chi connectivity index (χ0n) is 24.1. The Bertz CT molecular complexity index is 1680. The highest BCUT2D eigenvalue weighted by Gasteiger charge is 2.24. The van der Waals surface area contributed by atoms with Gasteiger partial charge in [0.1, 0.15) is 13.2 Å². The number of aliphatic imine (C=N–C) groups is 1. The van der Waals surface area contributed by atoms with Crippen molar-refractivity contribution in [2.75, 3.05) is 13.2 Å². The van der Waals surface area contributed by atoms with Crippen LogP contribution in [0.1, 0.15) is 30.5 Å². The summed E-state index contributed by atoms with van der Waals surface area (Å²) < 4.78 is 24.8. The van der Waals surface area contributed by atoms with E-state index in [1.54, 1.807) is 30.3 Å². The summed E-state index contributed by atoms with van der Waals surface area (Å²) in [4.78, 5) is 17.7. The molecule has 7 nitrogen and oxygen atoms in total. The molecule has 1 aliphatic heterocycles. The molecular weight excluding hydrogens is 664 g/mol.